The van der Waals surface area contributed by atoms with Gasteiger partial charge in [0.2, 0.25) is 5.91 Å². The van der Waals surface area contributed by atoms with Gasteiger partial charge in [0.1, 0.15) is 6.26 Å². The van der Waals surface area contributed by atoms with Gasteiger partial charge in [0.25, 0.3) is 5.91 Å². The fourth-order valence-corrected chi connectivity index (χ4v) is 2.19. The van der Waals surface area contributed by atoms with Crippen molar-refractivity contribution in [3.63, 3.8) is 0 Å². The first-order chi connectivity index (χ1) is 9.24. The highest BCUT2D eigenvalue weighted by Crippen LogP contribution is 2.35. The molecule has 2 N–H and O–H groups in total. The average Bonchev–Trinajstić information content (AvgIpc) is 2.70. The van der Waals surface area contributed by atoms with Gasteiger partial charge in [0, 0.05) is 11.8 Å². The Bertz CT molecular complexity index is 489. The highest BCUT2D eigenvalue weighted by atomic mass is 16.3. The van der Waals surface area contributed by atoms with Gasteiger partial charge in [-0.1, -0.05) is 12.8 Å². The minimum absolute atomic E-state index is 0.0446. The Morgan fingerprint density at radius 2 is 1.89 bits per heavy atom. The van der Waals surface area contributed by atoms with Gasteiger partial charge in [-0.15, -0.1) is 0 Å². The van der Waals surface area contributed by atoms with Gasteiger partial charge in [-0.3, -0.25) is 20.4 Å². The maximum Gasteiger partial charge on any atom is 0.291 e. The molecule has 0 atom stereocenters. The van der Waals surface area contributed by atoms with E-state index in [1.54, 1.807) is 0 Å². The van der Waals surface area contributed by atoms with E-state index in [0.717, 1.165) is 32.1 Å². The van der Waals surface area contributed by atoms with Gasteiger partial charge >= 0.3 is 0 Å². The third-order valence-corrected chi connectivity index (χ3v) is 3.98. The van der Waals surface area contributed by atoms with Crippen molar-refractivity contribution in [3.05, 3.63) is 17.8 Å². The molecule has 0 spiro atoms. The van der Waals surface area contributed by atoms with E-state index in [9.17, 15) is 9.59 Å². The van der Waals surface area contributed by atoms with Crippen molar-refractivity contribution in [2.45, 2.75) is 44.4 Å². The lowest BCUT2D eigenvalue weighted by Crippen LogP contribution is -2.46. The fraction of sp³-hybridized carbons (Fsp3) is 0.615. The van der Waals surface area contributed by atoms with E-state index in [0.29, 0.717) is 11.8 Å². The Kier molecular flexibility index (Phi) is 3.23. The third kappa shape index (κ3) is 2.47. The molecule has 3 rings (SSSR count). The molecule has 2 amide bonds. The second-order valence-corrected chi connectivity index (χ2v) is 5.27. The quantitative estimate of drug-likeness (QED) is 0.809. The smallest absolute Gasteiger partial charge is 0.291 e. The summed E-state index contributed by atoms with van der Waals surface area (Å²) in [5.41, 5.74) is 5.02. The molecule has 1 aromatic rings. The van der Waals surface area contributed by atoms with E-state index in [4.69, 9.17) is 4.42 Å². The molecule has 0 bridgehead atoms. The molecular formula is C13H17N3O3. The summed E-state index contributed by atoms with van der Waals surface area (Å²) >= 11 is 0. The van der Waals surface area contributed by atoms with E-state index < -0.39 is 5.91 Å². The predicted molar refractivity (Wildman–Crippen MR) is 66.0 cm³/mol. The molecule has 0 aliphatic heterocycles. The summed E-state index contributed by atoms with van der Waals surface area (Å²) in [6, 6.07) is 0. The second kappa shape index (κ2) is 5.03. The van der Waals surface area contributed by atoms with Crippen LogP contribution in [0.1, 0.15) is 60.8 Å². The van der Waals surface area contributed by atoms with Crippen molar-refractivity contribution in [2.75, 3.05) is 0 Å². The predicted octanol–water partition coefficient (Wildman–Crippen LogP) is 1.50. The van der Waals surface area contributed by atoms with E-state index in [1.165, 1.54) is 12.7 Å². The molecule has 0 aromatic carbocycles. The van der Waals surface area contributed by atoms with Crippen LogP contribution in [0.15, 0.2) is 10.7 Å². The summed E-state index contributed by atoms with van der Waals surface area (Å²) in [6.45, 7) is 0. The summed E-state index contributed by atoms with van der Waals surface area (Å²) < 4.78 is 5.29. The zero-order valence-electron chi connectivity index (χ0n) is 10.6. The van der Waals surface area contributed by atoms with Crippen LogP contribution in [0.25, 0.3) is 0 Å². The van der Waals surface area contributed by atoms with E-state index in [1.807, 2.05) is 0 Å². The normalized spacial score (nSPS) is 19.4. The molecular weight excluding hydrogens is 246 g/mol. The van der Waals surface area contributed by atoms with Gasteiger partial charge in [-0.25, -0.2) is 4.98 Å². The van der Waals surface area contributed by atoms with E-state index in [2.05, 4.69) is 15.8 Å². The Morgan fingerprint density at radius 3 is 2.47 bits per heavy atom. The Morgan fingerprint density at radius 1 is 1.16 bits per heavy atom. The zero-order valence-corrected chi connectivity index (χ0v) is 10.6. The van der Waals surface area contributed by atoms with Crippen LogP contribution in [0.2, 0.25) is 0 Å². The molecule has 2 aliphatic rings. The Hall–Kier alpha value is -1.85. The van der Waals surface area contributed by atoms with E-state index in [-0.39, 0.29) is 17.5 Å². The lowest BCUT2D eigenvalue weighted by atomic mass is 9.85. The topological polar surface area (TPSA) is 84.2 Å². The van der Waals surface area contributed by atoms with E-state index >= 15 is 0 Å². The van der Waals surface area contributed by atoms with Crippen molar-refractivity contribution in [3.8, 4) is 0 Å². The lowest BCUT2D eigenvalue weighted by molar-refractivity contribution is -0.128. The van der Waals surface area contributed by atoms with Gasteiger partial charge in [-0.2, -0.15) is 0 Å². The van der Waals surface area contributed by atoms with Crippen LogP contribution in [-0.4, -0.2) is 16.8 Å². The van der Waals surface area contributed by atoms with Crippen LogP contribution in [0.3, 0.4) is 0 Å². The van der Waals surface area contributed by atoms with Crippen molar-refractivity contribution in [1.29, 1.82) is 0 Å². The number of hydrogen-bond donors (Lipinski definition) is 2. The Labute approximate surface area is 110 Å². The number of hydrogen-bond acceptors (Lipinski definition) is 4. The van der Waals surface area contributed by atoms with Crippen molar-refractivity contribution < 1.29 is 14.0 Å². The van der Waals surface area contributed by atoms with Gasteiger partial charge in [0.15, 0.2) is 11.6 Å². The first-order valence-electron chi connectivity index (χ1n) is 6.79. The van der Waals surface area contributed by atoms with Crippen LogP contribution in [-0.2, 0) is 4.79 Å². The SMILES string of the molecule is O=C(NNC(=O)C1CCC1)c1coc(C2CCC2)n1. The maximum atomic E-state index is 11.8. The van der Waals surface area contributed by atoms with Crippen LogP contribution in [0.5, 0.6) is 0 Å². The maximum absolute atomic E-state index is 11.8. The zero-order chi connectivity index (χ0) is 13.2. The first-order valence-corrected chi connectivity index (χ1v) is 6.79. The lowest BCUT2D eigenvalue weighted by Gasteiger charge is -2.23. The van der Waals surface area contributed by atoms with Gasteiger partial charge < -0.3 is 4.42 Å². The molecule has 0 unspecified atom stereocenters. The van der Waals surface area contributed by atoms with Crippen LogP contribution in [0, 0.1) is 5.92 Å². The number of nitrogens with one attached hydrogen (secondary N) is 2. The van der Waals surface area contributed by atoms with Gasteiger partial charge in [-0.05, 0) is 25.7 Å². The van der Waals surface area contributed by atoms with Crippen LogP contribution >= 0.6 is 0 Å². The average molecular weight is 263 g/mol. The van der Waals surface area contributed by atoms with Gasteiger partial charge in [0.05, 0.1) is 0 Å². The molecule has 1 aromatic heterocycles. The second-order valence-electron chi connectivity index (χ2n) is 5.27. The summed E-state index contributed by atoms with van der Waals surface area (Å²) in [7, 11) is 0. The summed E-state index contributed by atoms with van der Waals surface area (Å²) in [4.78, 5) is 27.5. The number of nitrogens with zero attached hydrogens (tertiary/aromatic N) is 1. The number of aromatic nitrogens is 1. The van der Waals surface area contributed by atoms with Crippen LogP contribution < -0.4 is 10.9 Å². The molecule has 6 heteroatoms. The number of carbonyl (C=O) groups is 2. The first kappa shape index (κ1) is 12.2. The monoisotopic (exact) mass is 263 g/mol. The number of rotatable bonds is 3. The number of amides is 2. The highest BCUT2D eigenvalue weighted by molar-refractivity contribution is 5.93. The molecule has 0 saturated heterocycles. The van der Waals surface area contributed by atoms with Crippen LogP contribution in [0.4, 0.5) is 0 Å². The van der Waals surface area contributed by atoms with Crippen molar-refractivity contribution in [1.82, 2.24) is 15.8 Å². The molecule has 0 radical (unpaired) electrons. The molecule has 19 heavy (non-hydrogen) atoms. The third-order valence-electron chi connectivity index (χ3n) is 3.98. The number of oxazole rings is 1. The standard InChI is InChI=1S/C13H17N3O3/c17-11(8-3-1-4-8)15-16-12(18)10-7-19-13(14-10)9-5-2-6-9/h7-9H,1-6H2,(H,15,17)(H,16,18). The van der Waals surface area contributed by atoms with Crippen molar-refractivity contribution >= 4 is 11.8 Å². The fourth-order valence-electron chi connectivity index (χ4n) is 2.19. The highest BCUT2D eigenvalue weighted by Gasteiger charge is 2.27. The molecule has 1 heterocycles. The summed E-state index contributed by atoms with van der Waals surface area (Å²) in [5, 5.41) is 0. The molecule has 102 valence electrons. The molecule has 2 fully saturated rings. The molecule has 2 saturated carbocycles. The molecule has 2 aliphatic carbocycles. The summed E-state index contributed by atoms with van der Waals surface area (Å²) in [6.07, 6.45) is 7.56. The van der Waals surface area contributed by atoms with Crippen molar-refractivity contribution in [2.24, 2.45) is 5.92 Å². The minimum Gasteiger partial charge on any atom is -0.448 e. The largest absolute Gasteiger partial charge is 0.448 e. The Balaban J connectivity index is 1.51. The summed E-state index contributed by atoms with van der Waals surface area (Å²) in [5.74, 6) is 0.472. The minimum atomic E-state index is -0.429. The number of hydrazine groups is 1. The molecule has 6 nitrogen and oxygen atoms in total. The number of carbonyl (C=O) groups excluding carboxylic acids is 2.